The molecular weight excluding hydrogens is 202 g/mol. The highest BCUT2D eigenvalue weighted by molar-refractivity contribution is 4.72. The Balaban J connectivity index is 2.14. The number of rotatable bonds is 6. The molecule has 0 radical (unpaired) electrons. The monoisotopic (exact) mass is 229 g/mol. The molecule has 1 aliphatic heterocycles. The van der Waals surface area contributed by atoms with Crippen molar-refractivity contribution in [2.75, 3.05) is 53.5 Å². The summed E-state index contributed by atoms with van der Waals surface area (Å²) in [6, 6.07) is 0.304. The highest BCUT2D eigenvalue weighted by Gasteiger charge is 2.14. The van der Waals surface area contributed by atoms with Crippen molar-refractivity contribution >= 4 is 0 Å². The maximum atomic E-state index is 6.12. The van der Waals surface area contributed by atoms with Crippen LogP contribution in [-0.2, 0) is 4.74 Å². The maximum absolute atomic E-state index is 6.12. The summed E-state index contributed by atoms with van der Waals surface area (Å²) in [5, 5.41) is 0. The molecule has 0 saturated carbocycles. The molecule has 0 aliphatic carbocycles. The van der Waals surface area contributed by atoms with E-state index in [-0.39, 0.29) is 0 Å². The first-order valence-electron chi connectivity index (χ1n) is 6.38. The van der Waals surface area contributed by atoms with Gasteiger partial charge in [0, 0.05) is 39.4 Å². The van der Waals surface area contributed by atoms with Gasteiger partial charge in [-0.25, -0.2) is 0 Å². The molecule has 1 fully saturated rings. The highest BCUT2D eigenvalue weighted by Crippen LogP contribution is 2.04. The zero-order chi connectivity index (χ0) is 11.8. The molecule has 1 heterocycles. The van der Waals surface area contributed by atoms with Gasteiger partial charge in [-0.3, -0.25) is 0 Å². The van der Waals surface area contributed by atoms with E-state index >= 15 is 0 Å². The van der Waals surface area contributed by atoms with Gasteiger partial charge in [-0.2, -0.15) is 0 Å². The summed E-state index contributed by atoms with van der Waals surface area (Å²) in [6.45, 7) is 6.62. The standard InChI is InChI=1S/C12H27N3O/c1-14-6-4-7-15(9-8-14)11-12(13)5-3-10-16-2/h12H,3-11,13H2,1-2H3. The van der Waals surface area contributed by atoms with Gasteiger partial charge in [0.15, 0.2) is 0 Å². The van der Waals surface area contributed by atoms with Crippen LogP contribution in [0, 0.1) is 0 Å². The summed E-state index contributed by atoms with van der Waals surface area (Å²) < 4.78 is 5.04. The summed E-state index contributed by atoms with van der Waals surface area (Å²) in [4.78, 5) is 4.90. The van der Waals surface area contributed by atoms with Crippen molar-refractivity contribution in [1.29, 1.82) is 0 Å². The molecule has 0 aromatic heterocycles. The van der Waals surface area contributed by atoms with Crippen LogP contribution < -0.4 is 5.73 Å². The molecule has 0 bridgehead atoms. The Morgan fingerprint density at radius 3 is 2.81 bits per heavy atom. The third kappa shape index (κ3) is 5.80. The normalized spacial score (nSPS) is 21.9. The molecule has 1 atom stereocenters. The van der Waals surface area contributed by atoms with Crippen LogP contribution in [0.3, 0.4) is 0 Å². The number of methoxy groups -OCH3 is 1. The fourth-order valence-corrected chi connectivity index (χ4v) is 2.20. The molecule has 1 unspecified atom stereocenters. The van der Waals surface area contributed by atoms with Gasteiger partial charge in [0.05, 0.1) is 0 Å². The van der Waals surface area contributed by atoms with Gasteiger partial charge >= 0.3 is 0 Å². The highest BCUT2D eigenvalue weighted by atomic mass is 16.5. The van der Waals surface area contributed by atoms with Crippen molar-refractivity contribution in [2.45, 2.75) is 25.3 Å². The molecule has 0 spiro atoms. The third-order valence-corrected chi connectivity index (χ3v) is 3.23. The Morgan fingerprint density at radius 1 is 1.25 bits per heavy atom. The van der Waals surface area contributed by atoms with E-state index in [0.29, 0.717) is 6.04 Å². The van der Waals surface area contributed by atoms with Gasteiger partial charge in [-0.1, -0.05) is 0 Å². The van der Waals surface area contributed by atoms with Crippen LogP contribution in [0.4, 0.5) is 0 Å². The predicted molar refractivity (Wildman–Crippen MR) is 67.6 cm³/mol. The molecule has 4 heteroatoms. The van der Waals surface area contributed by atoms with Crippen molar-refractivity contribution in [3.05, 3.63) is 0 Å². The zero-order valence-corrected chi connectivity index (χ0v) is 10.8. The van der Waals surface area contributed by atoms with Gasteiger partial charge in [-0.05, 0) is 39.4 Å². The lowest BCUT2D eigenvalue weighted by molar-refractivity contribution is 0.185. The van der Waals surface area contributed by atoms with E-state index in [2.05, 4.69) is 16.8 Å². The lowest BCUT2D eigenvalue weighted by Gasteiger charge is -2.23. The van der Waals surface area contributed by atoms with Gasteiger partial charge < -0.3 is 20.3 Å². The largest absolute Gasteiger partial charge is 0.385 e. The predicted octanol–water partition coefficient (Wildman–Crippen LogP) is 0.378. The van der Waals surface area contributed by atoms with Crippen LogP contribution in [-0.4, -0.2) is 69.3 Å². The molecule has 0 aromatic rings. The lowest BCUT2D eigenvalue weighted by Crippen LogP contribution is -2.39. The number of hydrogen-bond donors (Lipinski definition) is 1. The van der Waals surface area contributed by atoms with Crippen LogP contribution in [0.1, 0.15) is 19.3 Å². The Labute approximate surface area is 99.7 Å². The Morgan fingerprint density at radius 2 is 2.06 bits per heavy atom. The van der Waals surface area contributed by atoms with E-state index in [0.717, 1.165) is 32.5 Å². The molecule has 1 saturated heterocycles. The number of likely N-dealkylation sites (N-methyl/N-ethyl adjacent to an activating group) is 1. The molecule has 1 aliphatic rings. The number of hydrogen-bond acceptors (Lipinski definition) is 4. The first-order valence-corrected chi connectivity index (χ1v) is 6.38. The fourth-order valence-electron chi connectivity index (χ4n) is 2.20. The van der Waals surface area contributed by atoms with E-state index < -0.39 is 0 Å². The average Bonchev–Trinajstić information content (AvgIpc) is 2.44. The van der Waals surface area contributed by atoms with Gasteiger partial charge in [0.25, 0.3) is 0 Å². The van der Waals surface area contributed by atoms with Crippen molar-refractivity contribution in [1.82, 2.24) is 9.80 Å². The maximum Gasteiger partial charge on any atom is 0.0462 e. The minimum atomic E-state index is 0.304. The number of ether oxygens (including phenoxy) is 1. The Bertz CT molecular complexity index is 178. The van der Waals surface area contributed by atoms with Gasteiger partial charge in [0.1, 0.15) is 0 Å². The van der Waals surface area contributed by atoms with Crippen molar-refractivity contribution in [3.63, 3.8) is 0 Å². The summed E-state index contributed by atoms with van der Waals surface area (Å²) in [5.74, 6) is 0. The molecular formula is C12H27N3O. The summed E-state index contributed by atoms with van der Waals surface area (Å²) in [7, 11) is 3.94. The van der Waals surface area contributed by atoms with Crippen LogP contribution in [0.25, 0.3) is 0 Å². The minimum absolute atomic E-state index is 0.304. The SMILES string of the molecule is COCCCC(N)CN1CCCN(C)CC1. The minimum Gasteiger partial charge on any atom is -0.385 e. The Kier molecular flexibility index (Phi) is 6.96. The summed E-state index contributed by atoms with van der Waals surface area (Å²) in [6.07, 6.45) is 3.41. The smallest absolute Gasteiger partial charge is 0.0462 e. The van der Waals surface area contributed by atoms with Gasteiger partial charge in [-0.15, -0.1) is 0 Å². The van der Waals surface area contributed by atoms with Crippen LogP contribution in [0.15, 0.2) is 0 Å². The summed E-state index contributed by atoms with van der Waals surface area (Å²) >= 11 is 0. The number of nitrogens with zero attached hydrogens (tertiary/aromatic N) is 2. The van der Waals surface area contributed by atoms with E-state index in [4.69, 9.17) is 10.5 Å². The van der Waals surface area contributed by atoms with Crippen molar-refractivity contribution < 1.29 is 4.74 Å². The molecule has 0 amide bonds. The topological polar surface area (TPSA) is 41.7 Å². The first-order chi connectivity index (χ1) is 7.72. The quantitative estimate of drug-likeness (QED) is 0.669. The number of nitrogens with two attached hydrogens (primary N) is 1. The summed E-state index contributed by atoms with van der Waals surface area (Å²) in [5.41, 5.74) is 6.12. The van der Waals surface area contributed by atoms with Crippen LogP contribution in [0.5, 0.6) is 0 Å². The average molecular weight is 229 g/mol. The van der Waals surface area contributed by atoms with Crippen LogP contribution in [0.2, 0.25) is 0 Å². The molecule has 2 N–H and O–H groups in total. The van der Waals surface area contributed by atoms with Crippen LogP contribution >= 0.6 is 0 Å². The second kappa shape index (κ2) is 8.01. The third-order valence-electron chi connectivity index (χ3n) is 3.23. The Hall–Kier alpha value is -0.160. The van der Waals surface area contributed by atoms with E-state index in [1.165, 1.54) is 26.1 Å². The first kappa shape index (κ1) is 13.9. The lowest BCUT2D eigenvalue weighted by atomic mass is 10.1. The van der Waals surface area contributed by atoms with Crippen molar-refractivity contribution in [2.24, 2.45) is 5.73 Å². The van der Waals surface area contributed by atoms with Gasteiger partial charge in [0.2, 0.25) is 0 Å². The molecule has 0 aromatic carbocycles. The molecule has 4 nitrogen and oxygen atoms in total. The molecule has 96 valence electrons. The zero-order valence-electron chi connectivity index (χ0n) is 10.8. The fraction of sp³-hybridized carbons (Fsp3) is 1.00. The van der Waals surface area contributed by atoms with Crippen molar-refractivity contribution in [3.8, 4) is 0 Å². The van der Waals surface area contributed by atoms with E-state index in [9.17, 15) is 0 Å². The van der Waals surface area contributed by atoms with E-state index in [1.54, 1.807) is 7.11 Å². The molecule has 16 heavy (non-hydrogen) atoms. The van der Waals surface area contributed by atoms with E-state index in [1.807, 2.05) is 0 Å². The molecule has 1 rings (SSSR count). The second-order valence-corrected chi connectivity index (χ2v) is 4.85. The second-order valence-electron chi connectivity index (χ2n) is 4.85.